The monoisotopic (exact) mass is 250 g/mol. The third-order valence-corrected chi connectivity index (χ3v) is 2.36. The quantitative estimate of drug-likeness (QED) is 0.839. The number of halogens is 1. The van der Waals surface area contributed by atoms with Crippen LogP contribution in [0.2, 0.25) is 0 Å². The molecule has 0 aliphatic heterocycles. The first-order valence-corrected chi connectivity index (χ1v) is 5.03. The molecule has 0 saturated heterocycles. The van der Waals surface area contributed by atoms with Crippen molar-refractivity contribution in [2.24, 2.45) is 5.73 Å². The van der Waals surface area contributed by atoms with Crippen LogP contribution in [0.15, 0.2) is 35.3 Å². The lowest BCUT2D eigenvalue weighted by Gasteiger charge is -2.10. The van der Waals surface area contributed by atoms with Gasteiger partial charge in [0.25, 0.3) is 0 Å². The molecule has 1 atom stereocenters. The standard InChI is InChI=1S/C11H11BrN2/c1-2-3-11(14)9-4-8(7-13)5-10(12)6-9/h2,4-6,11H,1,3,14H2/t11-/m0/s1. The normalized spacial score (nSPS) is 11.8. The van der Waals surface area contributed by atoms with Gasteiger partial charge >= 0.3 is 0 Å². The van der Waals surface area contributed by atoms with E-state index < -0.39 is 0 Å². The molecule has 2 nitrogen and oxygen atoms in total. The molecule has 0 aliphatic carbocycles. The molecule has 2 N–H and O–H groups in total. The Balaban J connectivity index is 3.03. The molecule has 0 heterocycles. The Morgan fingerprint density at radius 1 is 1.57 bits per heavy atom. The smallest absolute Gasteiger partial charge is 0.0992 e. The predicted molar refractivity (Wildman–Crippen MR) is 60.6 cm³/mol. The summed E-state index contributed by atoms with van der Waals surface area (Å²) in [5.74, 6) is 0. The van der Waals surface area contributed by atoms with Gasteiger partial charge in [0.15, 0.2) is 0 Å². The van der Waals surface area contributed by atoms with E-state index in [2.05, 4.69) is 28.6 Å². The molecule has 0 aliphatic rings. The van der Waals surface area contributed by atoms with Gasteiger partial charge in [0.05, 0.1) is 11.6 Å². The van der Waals surface area contributed by atoms with E-state index >= 15 is 0 Å². The topological polar surface area (TPSA) is 49.8 Å². The minimum atomic E-state index is -0.0860. The Hall–Kier alpha value is -1.11. The maximum absolute atomic E-state index is 8.77. The van der Waals surface area contributed by atoms with Crippen molar-refractivity contribution >= 4 is 15.9 Å². The highest BCUT2D eigenvalue weighted by atomic mass is 79.9. The summed E-state index contributed by atoms with van der Waals surface area (Å²) in [6.07, 6.45) is 2.49. The Bertz CT molecular complexity index is 379. The van der Waals surface area contributed by atoms with Gasteiger partial charge < -0.3 is 5.73 Å². The van der Waals surface area contributed by atoms with Crippen molar-refractivity contribution in [1.82, 2.24) is 0 Å². The largest absolute Gasteiger partial charge is 0.324 e. The number of nitrogens with two attached hydrogens (primary N) is 1. The summed E-state index contributed by atoms with van der Waals surface area (Å²) in [5.41, 5.74) is 7.47. The van der Waals surface area contributed by atoms with E-state index in [1.54, 1.807) is 18.2 Å². The van der Waals surface area contributed by atoms with E-state index in [9.17, 15) is 0 Å². The van der Waals surface area contributed by atoms with Crippen LogP contribution in [-0.2, 0) is 0 Å². The lowest BCUT2D eigenvalue weighted by Crippen LogP contribution is -2.09. The van der Waals surface area contributed by atoms with Crippen LogP contribution in [0.3, 0.4) is 0 Å². The molecule has 0 aromatic heterocycles. The first-order chi connectivity index (χ1) is 6.67. The molecule has 1 rings (SSSR count). The SMILES string of the molecule is C=CC[C@H](N)c1cc(Br)cc(C#N)c1. The van der Waals surface area contributed by atoms with E-state index in [-0.39, 0.29) is 6.04 Å². The fourth-order valence-electron chi connectivity index (χ4n) is 1.21. The molecule has 0 spiro atoms. The highest BCUT2D eigenvalue weighted by Gasteiger charge is 2.06. The first-order valence-electron chi connectivity index (χ1n) is 4.24. The predicted octanol–water partition coefficient (Wildman–Crippen LogP) is 2.90. The molecule has 72 valence electrons. The number of hydrogen-bond donors (Lipinski definition) is 1. The fourth-order valence-corrected chi connectivity index (χ4v) is 1.72. The van der Waals surface area contributed by atoms with Crippen molar-refractivity contribution in [2.75, 3.05) is 0 Å². The van der Waals surface area contributed by atoms with Crippen LogP contribution >= 0.6 is 15.9 Å². The summed E-state index contributed by atoms with van der Waals surface area (Å²) in [6, 6.07) is 7.51. The highest BCUT2D eigenvalue weighted by Crippen LogP contribution is 2.21. The fraction of sp³-hybridized carbons (Fsp3) is 0.182. The average Bonchev–Trinajstić information content (AvgIpc) is 2.17. The van der Waals surface area contributed by atoms with Crippen molar-refractivity contribution in [3.63, 3.8) is 0 Å². The van der Waals surface area contributed by atoms with Gasteiger partial charge in [0.1, 0.15) is 0 Å². The summed E-state index contributed by atoms with van der Waals surface area (Å²) < 4.78 is 0.881. The number of nitriles is 1. The van der Waals surface area contributed by atoms with Gasteiger partial charge in [-0.25, -0.2) is 0 Å². The molecule has 0 bridgehead atoms. The molecule has 0 fully saturated rings. The lowest BCUT2D eigenvalue weighted by atomic mass is 10.0. The first kappa shape index (κ1) is 11.0. The van der Waals surface area contributed by atoms with Gasteiger partial charge in [-0.2, -0.15) is 5.26 Å². The zero-order chi connectivity index (χ0) is 10.6. The molecule has 0 saturated carbocycles. The van der Waals surface area contributed by atoms with Crippen molar-refractivity contribution in [3.05, 3.63) is 46.5 Å². The zero-order valence-corrected chi connectivity index (χ0v) is 9.29. The molecule has 0 amide bonds. The van der Waals surface area contributed by atoms with Crippen molar-refractivity contribution in [2.45, 2.75) is 12.5 Å². The number of nitrogens with zero attached hydrogens (tertiary/aromatic N) is 1. The maximum Gasteiger partial charge on any atom is 0.0992 e. The number of hydrogen-bond acceptors (Lipinski definition) is 2. The summed E-state index contributed by atoms with van der Waals surface area (Å²) in [4.78, 5) is 0. The third-order valence-electron chi connectivity index (χ3n) is 1.90. The molecule has 3 heteroatoms. The minimum absolute atomic E-state index is 0.0860. The number of rotatable bonds is 3. The van der Waals surface area contributed by atoms with Crippen LogP contribution in [0, 0.1) is 11.3 Å². The molecule has 1 aromatic rings. The summed E-state index contributed by atoms with van der Waals surface area (Å²) in [6.45, 7) is 3.63. The van der Waals surface area contributed by atoms with Crippen molar-refractivity contribution in [3.8, 4) is 6.07 Å². The molecule has 14 heavy (non-hydrogen) atoms. The van der Waals surface area contributed by atoms with Crippen LogP contribution < -0.4 is 5.73 Å². The zero-order valence-electron chi connectivity index (χ0n) is 7.70. The Morgan fingerprint density at radius 2 is 2.29 bits per heavy atom. The minimum Gasteiger partial charge on any atom is -0.324 e. The van der Waals surface area contributed by atoms with Crippen LogP contribution in [-0.4, -0.2) is 0 Å². The van der Waals surface area contributed by atoms with Gasteiger partial charge in [0.2, 0.25) is 0 Å². The van der Waals surface area contributed by atoms with Gasteiger partial charge in [-0.3, -0.25) is 0 Å². The highest BCUT2D eigenvalue weighted by molar-refractivity contribution is 9.10. The van der Waals surface area contributed by atoms with Gasteiger partial charge in [-0.1, -0.05) is 22.0 Å². The Morgan fingerprint density at radius 3 is 2.86 bits per heavy atom. The maximum atomic E-state index is 8.77. The Labute approximate surface area is 92.2 Å². The second-order valence-corrected chi connectivity index (χ2v) is 3.93. The Kier molecular flexibility index (Phi) is 3.87. The third kappa shape index (κ3) is 2.69. The molecular formula is C11H11BrN2. The van der Waals surface area contributed by atoms with Crippen LogP contribution in [0.5, 0.6) is 0 Å². The lowest BCUT2D eigenvalue weighted by molar-refractivity contribution is 0.741. The van der Waals surface area contributed by atoms with Gasteiger partial charge in [-0.05, 0) is 30.2 Å². The summed E-state index contributed by atoms with van der Waals surface area (Å²) in [5, 5.41) is 8.77. The summed E-state index contributed by atoms with van der Waals surface area (Å²) >= 11 is 3.34. The van der Waals surface area contributed by atoms with Crippen molar-refractivity contribution < 1.29 is 0 Å². The van der Waals surface area contributed by atoms with Crippen LogP contribution in [0.25, 0.3) is 0 Å². The average molecular weight is 251 g/mol. The molecule has 0 radical (unpaired) electrons. The summed E-state index contributed by atoms with van der Waals surface area (Å²) in [7, 11) is 0. The molecule has 1 aromatic carbocycles. The van der Waals surface area contributed by atoms with Gasteiger partial charge in [0, 0.05) is 10.5 Å². The van der Waals surface area contributed by atoms with Crippen molar-refractivity contribution in [1.29, 1.82) is 5.26 Å². The van der Waals surface area contributed by atoms with E-state index in [0.29, 0.717) is 12.0 Å². The number of benzene rings is 1. The van der Waals surface area contributed by atoms with E-state index in [4.69, 9.17) is 11.0 Å². The molecular weight excluding hydrogens is 240 g/mol. The van der Waals surface area contributed by atoms with Crippen LogP contribution in [0.1, 0.15) is 23.6 Å². The van der Waals surface area contributed by atoms with E-state index in [1.807, 2.05) is 6.07 Å². The van der Waals surface area contributed by atoms with Crippen LogP contribution in [0.4, 0.5) is 0 Å². The molecule has 0 unspecified atom stereocenters. The second kappa shape index (κ2) is 4.94. The van der Waals surface area contributed by atoms with E-state index in [1.165, 1.54) is 0 Å². The van der Waals surface area contributed by atoms with E-state index in [0.717, 1.165) is 10.0 Å². The van der Waals surface area contributed by atoms with Gasteiger partial charge in [-0.15, -0.1) is 6.58 Å². The second-order valence-electron chi connectivity index (χ2n) is 3.02.